The number of hydrogen-bond donors (Lipinski definition) is 0. The lowest BCUT2D eigenvalue weighted by molar-refractivity contribution is -0.123. The summed E-state index contributed by atoms with van der Waals surface area (Å²) < 4.78 is 11.3. The van der Waals surface area contributed by atoms with E-state index in [0.29, 0.717) is 43.8 Å². The molecule has 36 heavy (non-hydrogen) atoms. The molecule has 0 radical (unpaired) electrons. The predicted octanol–water partition coefficient (Wildman–Crippen LogP) is 7.34. The van der Waals surface area contributed by atoms with E-state index < -0.39 is 11.1 Å². The van der Waals surface area contributed by atoms with E-state index in [1.165, 1.54) is 7.11 Å². The van der Waals surface area contributed by atoms with E-state index in [0.717, 1.165) is 16.7 Å². The van der Waals surface area contributed by atoms with Gasteiger partial charge in [0.15, 0.2) is 11.5 Å². The highest BCUT2D eigenvalue weighted by molar-refractivity contribution is 8.18. The molecule has 1 heterocycles. The quantitative estimate of drug-likeness (QED) is 0.282. The van der Waals surface area contributed by atoms with Gasteiger partial charge in [-0.15, -0.1) is 0 Å². The molecule has 6 nitrogen and oxygen atoms in total. The first-order valence-corrected chi connectivity index (χ1v) is 12.4. The molecule has 182 valence electrons. The van der Waals surface area contributed by atoms with Crippen LogP contribution in [-0.2, 0) is 17.9 Å². The van der Waals surface area contributed by atoms with Gasteiger partial charge in [-0.1, -0.05) is 59.1 Å². The van der Waals surface area contributed by atoms with Gasteiger partial charge >= 0.3 is 0 Å². The van der Waals surface area contributed by atoms with Gasteiger partial charge in [0.25, 0.3) is 11.1 Å². The Balaban J connectivity index is 1.54. The van der Waals surface area contributed by atoms with Gasteiger partial charge < -0.3 is 9.47 Å². The van der Waals surface area contributed by atoms with Crippen LogP contribution in [0.25, 0.3) is 6.08 Å². The topological polar surface area (TPSA) is 79.6 Å². The Morgan fingerprint density at radius 1 is 1.03 bits per heavy atom. The van der Waals surface area contributed by atoms with Crippen LogP contribution in [-0.4, -0.2) is 23.2 Å². The first kappa shape index (κ1) is 25.9. The number of thioether (sulfide) groups is 1. The molecule has 0 N–H and O–H groups in total. The minimum Gasteiger partial charge on any atom is -0.493 e. The van der Waals surface area contributed by atoms with Crippen LogP contribution in [0, 0.1) is 11.3 Å². The van der Waals surface area contributed by atoms with Gasteiger partial charge in [-0.3, -0.25) is 14.5 Å². The van der Waals surface area contributed by atoms with E-state index in [-0.39, 0.29) is 23.1 Å². The first-order chi connectivity index (χ1) is 17.3. The number of benzene rings is 3. The lowest BCUT2D eigenvalue weighted by Crippen LogP contribution is -2.27. The number of ether oxygens (including phenoxy) is 2. The maximum atomic E-state index is 12.9. The molecule has 10 heteroatoms. The van der Waals surface area contributed by atoms with Gasteiger partial charge in [-0.25, -0.2) is 0 Å². The molecule has 4 rings (SSSR count). The monoisotopic (exact) mass is 558 g/mol. The number of methoxy groups -OCH3 is 1. The molecule has 1 saturated heterocycles. The number of imide groups is 1. The van der Waals surface area contributed by atoms with E-state index in [9.17, 15) is 14.9 Å². The summed E-state index contributed by atoms with van der Waals surface area (Å²) in [5.74, 6) is 0.217. The van der Waals surface area contributed by atoms with Gasteiger partial charge in [-0.05, 0) is 59.3 Å². The van der Waals surface area contributed by atoms with Crippen LogP contribution in [0.5, 0.6) is 11.5 Å². The van der Waals surface area contributed by atoms with Crippen LogP contribution in [0.4, 0.5) is 4.79 Å². The fourth-order valence-corrected chi connectivity index (χ4v) is 4.91. The summed E-state index contributed by atoms with van der Waals surface area (Å²) in [7, 11) is 1.47. The van der Waals surface area contributed by atoms with Crippen molar-refractivity contribution in [2.45, 2.75) is 13.2 Å². The molecule has 0 unspecified atom stereocenters. The third kappa shape index (κ3) is 5.63. The lowest BCUT2D eigenvalue weighted by Gasteiger charge is -2.14. The molecular formula is C26H17Cl3N2O4S. The van der Waals surface area contributed by atoms with Gasteiger partial charge in [0.05, 0.1) is 45.3 Å². The predicted molar refractivity (Wildman–Crippen MR) is 141 cm³/mol. The number of nitriles is 1. The van der Waals surface area contributed by atoms with Gasteiger partial charge in [-0.2, -0.15) is 5.26 Å². The Labute approximate surface area is 227 Å². The third-order valence-corrected chi connectivity index (χ3v) is 7.18. The lowest BCUT2D eigenvalue weighted by atomic mass is 10.1. The molecule has 2 amide bonds. The number of carbonyl (C=O) groups excluding carboxylic acids is 2. The minimum atomic E-state index is -0.431. The number of rotatable bonds is 7. The standard InChI is InChI=1S/C26H17Cl3N2O4S/c1-34-22-10-16(9-21(29)24(22)35-14-18-5-3-2-4-17(18)12-30)11-23-25(32)31(26(33)36-23)13-15-6-7-19(27)20(28)8-15/h2-11H,13-14H2,1H3/b23-11-. The van der Waals surface area contributed by atoms with Crippen molar-refractivity contribution in [2.24, 2.45) is 0 Å². The number of amides is 2. The van der Waals surface area contributed by atoms with E-state index in [1.54, 1.807) is 54.6 Å². The van der Waals surface area contributed by atoms with Gasteiger partial charge in [0.1, 0.15) is 6.61 Å². The number of nitrogens with zero attached hydrogens (tertiary/aromatic N) is 2. The molecule has 0 atom stereocenters. The minimum absolute atomic E-state index is 0.0694. The van der Waals surface area contributed by atoms with Crippen molar-refractivity contribution in [2.75, 3.05) is 7.11 Å². The zero-order chi connectivity index (χ0) is 25.8. The van der Waals surface area contributed by atoms with Crippen molar-refractivity contribution >= 4 is 63.8 Å². The molecule has 0 aliphatic carbocycles. The van der Waals surface area contributed by atoms with Crippen LogP contribution in [0.3, 0.4) is 0 Å². The smallest absolute Gasteiger partial charge is 0.293 e. The van der Waals surface area contributed by atoms with Crippen LogP contribution in [0.2, 0.25) is 15.1 Å². The molecule has 1 fully saturated rings. The van der Waals surface area contributed by atoms with Crippen molar-refractivity contribution in [3.8, 4) is 17.6 Å². The average Bonchev–Trinajstić information content (AvgIpc) is 3.12. The Morgan fingerprint density at radius 2 is 1.81 bits per heavy atom. The molecule has 0 saturated carbocycles. The second-order valence-corrected chi connectivity index (χ2v) is 9.82. The summed E-state index contributed by atoms with van der Waals surface area (Å²) in [5.41, 5.74) is 2.44. The maximum absolute atomic E-state index is 12.9. The molecule has 0 aromatic heterocycles. The average molecular weight is 560 g/mol. The molecule has 3 aromatic carbocycles. The van der Waals surface area contributed by atoms with Gasteiger partial charge in [0, 0.05) is 5.56 Å². The van der Waals surface area contributed by atoms with Crippen molar-refractivity contribution in [3.05, 3.63) is 96.8 Å². The van der Waals surface area contributed by atoms with Crippen molar-refractivity contribution < 1.29 is 19.1 Å². The maximum Gasteiger partial charge on any atom is 0.293 e. The SMILES string of the molecule is COc1cc(/C=C2\SC(=O)N(Cc3ccc(Cl)c(Cl)c3)C2=O)cc(Cl)c1OCc1ccccc1C#N. The summed E-state index contributed by atoms with van der Waals surface area (Å²) in [6.45, 7) is 0.187. The summed E-state index contributed by atoms with van der Waals surface area (Å²) in [6, 6.07) is 17.4. The molecule has 1 aliphatic rings. The fourth-order valence-electron chi connectivity index (χ4n) is 3.48. The van der Waals surface area contributed by atoms with Crippen LogP contribution in [0.15, 0.2) is 59.5 Å². The van der Waals surface area contributed by atoms with Crippen molar-refractivity contribution in [3.63, 3.8) is 0 Å². The normalized spacial score (nSPS) is 14.3. The highest BCUT2D eigenvalue weighted by Crippen LogP contribution is 2.40. The Hall–Kier alpha value is -3.15. The molecular weight excluding hydrogens is 543 g/mol. The molecule has 3 aromatic rings. The zero-order valence-corrected chi connectivity index (χ0v) is 21.8. The van der Waals surface area contributed by atoms with Crippen molar-refractivity contribution in [1.29, 1.82) is 5.26 Å². The second-order valence-electron chi connectivity index (χ2n) is 7.61. The highest BCUT2D eigenvalue weighted by atomic mass is 35.5. The molecule has 0 spiro atoms. The summed E-state index contributed by atoms with van der Waals surface area (Å²) in [6.07, 6.45) is 1.57. The van der Waals surface area contributed by atoms with E-state index in [1.807, 2.05) is 6.07 Å². The summed E-state index contributed by atoms with van der Waals surface area (Å²) in [5, 5.41) is 9.87. The van der Waals surface area contributed by atoms with E-state index in [4.69, 9.17) is 44.3 Å². The summed E-state index contributed by atoms with van der Waals surface area (Å²) >= 11 is 19.3. The van der Waals surface area contributed by atoms with E-state index in [2.05, 4.69) is 6.07 Å². The number of hydrogen-bond acceptors (Lipinski definition) is 6. The largest absolute Gasteiger partial charge is 0.493 e. The molecule has 1 aliphatic heterocycles. The second kappa shape index (κ2) is 11.3. The van der Waals surface area contributed by atoms with Crippen LogP contribution in [0.1, 0.15) is 22.3 Å². The Morgan fingerprint density at radius 3 is 2.53 bits per heavy atom. The zero-order valence-electron chi connectivity index (χ0n) is 18.8. The number of halogens is 3. The van der Waals surface area contributed by atoms with Crippen molar-refractivity contribution in [1.82, 2.24) is 4.90 Å². The third-order valence-electron chi connectivity index (χ3n) is 5.26. The van der Waals surface area contributed by atoms with Crippen LogP contribution >= 0.6 is 46.6 Å². The Bertz CT molecular complexity index is 1440. The van der Waals surface area contributed by atoms with E-state index >= 15 is 0 Å². The highest BCUT2D eigenvalue weighted by Gasteiger charge is 2.35. The Kier molecular flexibility index (Phi) is 8.12. The summed E-state index contributed by atoms with van der Waals surface area (Å²) in [4.78, 5) is 26.9. The molecule has 0 bridgehead atoms. The van der Waals surface area contributed by atoms with Gasteiger partial charge in [0.2, 0.25) is 0 Å². The van der Waals surface area contributed by atoms with Crippen LogP contribution < -0.4 is 9.47 Å². The fraction of sp³-hybridized carbons (Fsp3) is 0.115. The number of carbonyl (C=O) groups is 2. The first-order valence-electron chi connectivity index (χ1n) is 10.5.